The van der Waals surface area contributed by atoms with E-state index in [0.29, 0.717) is 17.7 Å². The summed E-state index contributed by atoms with van der Waals surface area (Å²) < 4.78 is 20.3. The van der Waals surface area contributed by atoms with Crippen LogP contribution in [0.1, 0.15) is 36.6 Å². The number of nitrogens with one attached hydrogen (secondary N) is 1. The van der Waals surface area contributed by atoms with Gasteiger partial charge in [0.15, 0.2) is 0 Å². The molecule has 27 heavy (non-hydrogen) atoms. The first kappa shape index (κ1) is 17.7. The van der Waals surface area contributed by atoms with Gasteiger partial charge in [-0.25, -0.2) is 4.39 Å². The Morgan fingerprint density at radius 2 is 1.85 bits per heavy atom. The Morgan fingerprint density at radius 1 is 1.11 bits per heavy atom. The number of amides is 1. The molecule has 0 bridgehead atoms. The summed E-state index contributed by atoms with van der Waals surface area (Å²) in [6.45, 7) is 3.97. The van der Waals surface area contributed by atoms with E-state index in [-0.39, 0.29) is 23.7 Å². The molecule has 1 amide bonds. The summed E-state index contributed by atoms with van der Waals surface area (Å²) in [5, 5.41) is 4.88. The van der Waals surface area contributed by atoms with E-state index in [0.717, 1.165) is 21.8 Å². The fourth-order valence-corrected chi connectivity index (χ4v) is 4.63. The summed E-state index contributed by atoms with van der Waals surface area (Å²) in [5.41, 5.74) is 2.94. The molecule has 1 aliphatic heterocycles. The van der Waals surface area contributed by atoms with Crippen molar-refractivity contribution in [2.75, 3.05) is 5.32 Å². The van der Waals surface area contributed by atoms with Crippen molar-refractivity contribution in [1.29, 1.82) is 0 Å². The van der Waals surface area contributed by atoms with Gasteiger partial charge in [-0.1, -0.05) is 36.4 Å². The molecule has 1 N–H and O–H groups in total. The predicted octanol–water partition coefficient (Wildman–Crippen LogP) is 5.82. The minimum Gasteiger partial charge on any atom is -0.491 e. The van der Waals surface area contributed by atoms with Gasteiger partial charge in [-0.2, -0.15) is 0 Å². The van der Waals surface area contributed by atoms with E-state index >= 15 is 0 Å². The molecule has 3 aromatic rings. The number of para-hydroxylation sites is 1. The molecule has 5 heteroatoms. The van der Waals surface area contributed by atoms with Crippen molar-refractivity contribution in [3.8, 4) is 16.9 Å². The normalized spacial score (nSPS) is 16.1. The van der Waals surface area contributed by atoms with E-state index in [9.17, 15) is 9.18 Å². The lowest BCUT2D eigenvalue weighted by Gasteiger charge is -2.26. The largest absolute Gasteiger partial charge is 0.491 e. The Labute approximate surface area is 161 Å². The van der Waals surface area contributed by atoms with Crippen LogP contribution in [0.2, 0.25) is 0 Å². The zero-order valence-corrected chi connectivity index (χ0v) is 16.0. The molecule has 0 radical (unpaired) electrons. The summed E-state index contributed by atoms with van der Waals surface area (Å²) in [7, 11) is 0. The fourth-order valence-electron chi connectivity index (χ4n) is 3.49. The van der Waals surface area contributed by atoms with Gasteiger partial charge in [0.05, 0.1) is 11.8 Å². The maximum absolute atomic E-state index is 14.3. The average molecular weight is 381 g/mol. The zero-order chi connectivity index (χ0) is 19.0. The lowest BCUT2D eigenvalue weighted by atomic mass is 9.88. The summed E-state index contributed by atoms with van der Waals surface area (Å²) in [5.74, 6) is 0.328. The number of ether oxygens (including phenoxy) is 1. The van der Waals surface area contributed by atoms with Crippen molar-refractivity contribution < 1.29 is 13.9 Å². The first-order valence-electron chi connectivity index (χ1n) is 8.96. The van der Waals surface area contributed by atoms with Crippen LogP contribution in [-0.4, -0.2) is 12.0 Å². The Kier molecular flexibility index (Phi) is 4.70. The molecule has 1 aromatic heterocycles. The van der Waals surface area contributed by atoms with E-state index in [2.05, 4.69) is 5.32 Å². The van der Waals surface area contributed by atoms with Gasteiger partial charge in [0.2, 0.25) is 5.91 Å². The Hall–Kier alpha value is -2.66. The van der Waals surface area contributed by atoms with Crippen LogP contribution in [0.4, 0.5) is 10.1 Å². The maximum Gasteiger partial charge on any atom is 0.225 e. The molecule has 0 spiro atoms. The Bertz CT molecular complexity index is 995. The fraction of sp³-hybridized carbons (Fsp3) is 0.227. The highest BCUT2D eigenvalue weighted by Gasteiger charge is 2.32. The molecule has 2 aromatic carbocycles. The predicted molar refractivity (Wildman–Crippen MR) is 107 cm³/mol. The third-order valence-corrected chi connectivity index (χ3v) is 5.71. The van der Waals surface area contributed by atoms with Crippen LogP contribution in [0.15, 0.2) is 53.9 Å². The summed E-state index contributed by atoms with van der Waals surface area (Å²) in [4.78, 5) is 13.5. The van der Waals surface area contributed by atoms with Crippen LogP contribution in [-0.2, 0) is 4.79 Å². The number of hydrogen-bond donors (Lipinski definition) is 1. The lowest BCUT2D eigenvalue weighted by Crippen LogP contribution is -2.23. The third-order valence-electron chi connectivity index (χ3n) is 4.61. The summed E-state index contributed by atoms with van der Waals surface area (Å²) in [6.07, 6.45) is 0.392. The van der Waals surface area contributed by atoms with Crippen molar-refractivity contribution in [3.63, 3.8) is 0 Å². The molecule has 4 rings (SSSR count). The molecule has 0 unspecified atom stereocenters. The minimum atomic E-state index is -0.294. The molecule has 2 heterocycles. The maximum atomic E-state index is 14.3. The number of carbonyl (C=O) groups excluding carboxylic acids is 1. The van der Waals surface area contributed by atoms with Crippen molar-refractivity contribution in [2.45, 2.75) is 32.3 Å². The SMILES string of the molecule is CC(C)Oc1ccccc1[C@@H]1CC(=O)Nc2c(-c3ccccc3F)csc21. The minimum absolute atomic E-state index is 0.0420. The number of halogens is 1. The Morgan fingerprint density at radius 3 is 2.63 bits per heavy atom. The van der Waals surface area contributed by atoms with Crippen LogP contribution in [0.25, 0.3) is 11.1 Å². The second-order valence-electron chi connectivity index (χ2n) is 6.88. The van der Waals surface area contributed by atoms with Gasteiger partial charge >= 0.3 is 0 Å². The molecule has 0 saturated heterocycles. The molecule has 1 atom stereocenters. The number of rotatable bonds is 4. The first-order chi connectivity index (χ1) is 13.0. The quantitative estimate of drug-likeness (QED) is 0.619. The van der Waals surface area contributed by atoms with Crippen molar-refractivity contribution in [1.82, 2.24) is 0 Å². The molecule has 0 saturated carbocycles. The van der Waals surface area contributed by atoms with Crippen LogP contribution in [0.5, 0.6) is 5.75 Å². The molecular formula is C22H20FNO2S. The second kappa shape index (κ2) is 7.16. The molecule has 0 fully saturated rings. The Balaban J connectivity index is 1.82. The van der Waals surface area contributed by atoms with Gasteiger partial charge in [-0.05, 0) is 26.0 Å². The van der Waals surface area contributed by atoms with Gasteiger partial charge in [0.25, 0.3) is 0 Å². The molecular weight excluding hydrogens is 361 g/mol. The molecule has 1 aliphatic rings. The molecule has 0 aliphatic carbocycles. The molecule has 3 nitrogen and oxygen atoms in total. The van der Waals surface area contributed by atoms with Crippen LogP contribution in [0, 0.1) is 5.82 Å². The summed E-state index contributed by atoms with van der Waals surface area (Å²) >= 11 is 1.55. The van der Waals surface area contributed by atoms with E-state index in [1.165, 1.54) is 6.07 Å². The second-order valence-corrected chi connectivity index (χ2v) is 7.79. The van der Waals surface area contributed by atoms with Crippen molar-refractivity contribution >= 4 is 22.9 Å². The number of carbonyl (C=O) groups is 1. The number of anilines is 1. The standard InChI is InChI=1S/C22H20FNO2S/c1-13(2)26-19-10-6-4-8-15(19)16-11-20(25)24-21-17(12-27-22(16)21)14-7-3-5-9-18(14)23/h3-10,12-13,16H,11H2,1-2H3,(H,24,25)/t16-/m0/s1. The number of thiophene rings is 1. The van der Waals surface area contributed by atoms with Gasteiger partial charge in [-0.3, -0.25) is 4.79 Å². The van der Waals surface area contributed by atoms with Gasteiger partial charge < -0.3 is 10.1 Å². The van der Waals surface area contributed by atoms with Crippen LogP contribution >= 0.6 is 11.3 Å². The average Bonchev–Trinajstić information content (AvgIpc) is 3.05. The smallest absolute Gasteiger partial charge is 0.225 e. The third kappa shape index (κ3) is 3.35. The van der Waals surface area contributed by atoms with E-state index in [4.69, 9.17) is 4.74 Å². The topological polar surface area (TPSA) is 38.3 Å². The van der Waals surface area contributed by atoms with Gasteiger partial charge in [0, 0.05) is 39.3 Å². The number of hydrogen-bond acceptors (Lipinski definition) is 3. The van der Waals surface area contributed by atoms with E-state index in [1.807, 2.05) is 43.5 Å². The van der Waals surface area contributed by atoms with Gasteiger partial charge in [0.1, 0.15) is 11.6 Å². The summed E-state index contributed by atoms with van der Waals surface area (Å²) in [6, 6.07) is 14.5. The van der Waals surface area contributed by atoms with Crippen LogP contribution in [0.3, 0.4) is 0 Å². The van der Waals surface area contributed by atoms with E-state index < -0.39 is 0 Å². The first-order valence-corrected chi connectivity index (χ1v) is 9.84. The highest BCUT2D eigenvalue weighted by Crippen LogP contribution is 2.48. The van der Waals surface area contributed by atoms with Crippen molar-refractivity contribution in [3.05, 3.63) is 70.2 Å². The number of benzene rings is 2. The highest BCUT2D eigenvalue weighted by atomic mass is 32.1. The lowest BCUT2D eigenvalue weighted by molar-refractivity contribution is -0.116. The van der Waals surface area contributed by atoms with Gasteiger partial charge in [-0.15, -0.1) is 11.3 Å². The zero-order valence-electron chi connectivity index (χ0n) is 15.2. The van der Waals surface area contributed by atoms with E-state index in [1.54, 1.807) is 29.5 Å². The van der Waals surface area contributed by atoms with Crippen molar-refractivity contribution in [2.24, 2.45) is 0 Å². The van der Waals surface area contributed by atoms with Crippen LogP contribution < -0.4 is 10.1 Å². The number of fused-ring (bicyclic) bond motifs is 1. The highest BCUT2D eigenvalue weighted by molar-refractivity contribution is 7.11. The monoisotopic (exact) mass is 381 g/mol. The molecule has 138 valence electrons.